The number of aromatic nitrogens is 2. The fourth-order valence-electron chi connectivity index (χ4n) is 11.3. The summed E-state index contributed by atoms with van der Waals surface area (Å²) >= 11 is 0. The standard InChI is InChI=1S/C62H45N3Si/c1-5-17-46(18-6-1)63-42-41-56-58(63)40-38-55-53-25-13-16-28-60(53)65(62(55)56)48-32-36-52(37-33-48)66(49-21-9-3-10-22-49,50-23-11-4-12-24-50)51-34-29-44(30-35-51)45-31-39-61-57(43-45)54-26-14-15-27-59(54)64(61)47-19-7-2-8-20-47/h1-40,43H,41-42H2. The second-order valence-electron chi connectivity index (χ2n) is 17.6. The summed E-state index contributed by atoms with van der Waals surface area (Å²) in [5.74, 6) is 0. The Balaban J connectivity index is 0.959. The fraction of sp³-hybridized carbons (Fsp3) is 0.0323. The van der Waals surface area contributed by atoms with Crippen molar-refractivity contribution in [1.82, 2.24) is 9.13 Å². The van der Waals surface area contributed by atoms with Crippen LogP contribution in [0.25, 0.3) is 66.1 Å². The van der Waals surface area contributed by atoms with Crippen LogP contribution in [0.15, 0.2) is 249 Å². The van der Waals surface area contributed by atoms with Crippen molar-refractivity contribution < 1.29 is 0 Å². The monoisotopic (exact) mass is 859 g/mol. The lowest BCUT2D eigenvalue weighted by Gasteiger charge is -2.34. The molecule has 4 heteroatoms. The first-order valence-corrected chi connectivity index (χ1v) is 25.0. The first kappa shape index (κ1) is 38.3. The van der Waals surface area contributed by atoms with Gasteiger partial charge in [0.1, 0.15) is 0 Å². The number of para-hydroxylation sites is 4. The van der Waals surface area contributed by atoms with Crippen molar-refractivity contribution >= 4 is 83.8 Å². The first-order chi connectivity index (χ1) is 32.8. The van der Waals surface area contributed by atoms with Crippen molar-refractivity contribution in [2.75, 3.05) is 11.4 Å². The zero-order valence-corrected chi connectivity index (χ0v) is 37.4. The van der Waals surface area contributed by atoms with Crippen molar-refractivity contribution in [3.63, 3.8) is 0 Å². The van der Waals surface area contributed by atoms with Gasteiger partial charge in [-0.2, -0.15) is 0 Å². The molecule has 0 fully saturated rings. The van der Waals surface area contributed by atoms with Crippen LogP contribution < -0.4 is 25.6 Å². The number of fused-ring (bicyclic) bond motifs is 8. The summed E-state index contributed by atoms with van der Waals surface area (Å²) < 4.78 is 4.91. The van der Waals surface area contributed by atoms with Crippen LogP contribution in [0.4, 0.5) is 11.4 Å². The molecule has 0 bridgehead atoms. The van der Waals surface area contributed by atoms with E-state index in [1.165, 1.54) is 104 Å². The number of hydrogen-bond donors (Lipinski definition) is 0. The van der Waals surface area contributed by atoms with E-state index in [4.69, 9.17) is 0 Å². The molecule has 3 heterocycles. The van der Waals surface area contributed by atoms with Gasteiger partial charge in [-0.25, -0.2) is 0 Å². The van der Waals surface area contributed by atoms with Gasteiger partial charge in [-0.15, -0.1) is 0 Å². The van der Waals surface area contributed by atoms with Crippen molar-refractivity contribution in [1.29, 1.82) is 0 Å². The van der Waals surface area contributed by atoms with Gasteiger partial charge in [-0.1, -0.05) is 182 Å². The maximum absolute atomic E-state index is 2.84. The summed E-state index contributed by atoms with van der Waals surface area (Å²) in [6.45, 7) is 0.966. The van der Waals surface area contributed by atoms with Gasteiger partial charge in [-0.05, 0) is 105 Å². The maximum atomic E-state index is 2.53. The molecule has 0 unspecified atom stereocenters. The van der Waals surface area contributed by atoms with Gasteiger partial charge >= 0.3 is 0 Å². The third kappa shape index (κ3) is 5.89. The molecule has 66 heavy (non-hydrogen) atoms. The molecule has 10 aromatic carbocycles. The molecule has 0 N–H and O–H groups in total. The SMILES string of the molecule is c1ccc(N2CCc3c2ccc2c4ccccc4n(-c4ccc([Si](c5ccccc5)(c5ccccc5)c5ccc(-c6ccc7c(c6)c6ccccc6n7-c6ccccc6)cc5)cc4)c32)cc1. The quantitative estimate of drug-likeness (QED) is 0.110. The Kier molecular flexibility index (Phi) is 9.00. The highest BCUT2D eigenvalue weighted by Gasteiger charge is 2.41. The fourth-order valence-corrected chi connectivity index (χ4v) is 16.0. The number of rotatable bonds is 8. The van der Waals surface area contributed by atoms with Gasteiger partial charge in [0, 0.05) is 56.4 Å². The lowest BCUT2D eigenvalue weighted by molar-refractivity contribution is 0.997. The van der Waals surface area contributed by atoms with Gasteiger partial charge in [0.2, 0.25) is 0 Å². The van der Waals surface area contributed by atoms with Gasteiger partial charge < -0.3 is 14.0 Å². The van der Waals surface area contributed by atoms with E-state index >= 15 is 0 Å². The summed E-state index contributed by atoms with van der Waals surface area (Å²) in [7, 11) is -2.84. The highest BCUT2D eigenvalue weighted by molar-refractivity contribution is 7.19. The summed E-state index contributed by atoms with van der Waals surface area (Å²) in [5, 5.41) is 10.6. The third-order valence-electron chi connectivity index (χ3n) is 14.2. The summed E-state index contributed by atoms with van der Waals surface area (Å²) in [6, 6.07) is 92.6. The molecular weight excluding hydrogens is 815 g/mol. The van der Waals surface area contributed by atoms with Crippen LogP contribution >= 0.6 is 0 Å². The Labute approximate surface area is 385 Å². The maximum Gasteiger partial charge on any atom is 0.179 e. The Hall–Kier alpha value is -8.18. The van der Waals surface area contributed by atoms with Gasteiger partial charge in [0.15, 0.2) is 8.07 Å². The predicted octanol–water partition coefficient (Wildman–Crippen LogP) is 12.6. The van der Waals surface area contributed by atoms with E-state index < -0.39 is 8.07 Å². The van der Waals surface area contributed by atoms with Gasteiger partial charge in [-0.3, -0.25) is 0 Å². The van der Waals surface area contributed by atoms with Gasteiger partial charge in [0.05, 0.1) is 22.1 Å². The Bertz CT molecular complexity index is 3690. The number of anilines is 2. The smallest absolute Gasteiger partial charge is 0.179 e. The third-order valence-corrected chi connectivity index (χ3v) is 19.0. The topological polar surface area (TPSA) is 13.1 Å². The van der Waals surface area contributed by atoms with Crippen molar-refractivity contribution in [3.8, 4) is 22.5 Å². The second kappa shape index (κ2) is 15.5. The number of nitrogens with zero attached hydrogens (tertiary/aromatic N) is 3. The Morgan fingerprint density at radius 3 is 1.42 bits per heavy atom. The van der Waals surface area contributed by atoms with Crippen LogP contribution in [-0.2, 0) is 6.42 Å². The summed E-state index contributed by atoms with van der Waals surface area (Å²) in [6.07, 6.45) is 0.995. The van der Waals surface area contributed by atoms with Crippen LogP contribution in [-0.4, -0.2) is 23.8 Å². The first-order valence-electron chi connectivity index (χ1n) is 23.0. The molecule has 1 aliphatic heterocycles. The molecular formula is C62H45N3Si. The highest BCUT2D eigenvalue weighted by Crippen LogP contribution is 2.43. The Morgan fingerprint density at radius 1 is 0.318 bits per heavy atom. The molecule has 3 nitrogen and oxygen atoms in total. The summed E-state index contributed by atoms with van der Waals surface area (Å²) in [4.78, 5) is 2.48. The summed E-state index contributed by atoms with van der Waals surface area (Å²) in [5.41, 5.74) is 13.7. The number of benzene rings is 10. The largest absolute Gasteiger partial charge is 0.341 e. The lowest BCUT2D eigenvalue weighted by atomic mass is 10.0. The minimum Gasteiger partial charge on any atom is -0.341 e. The molecule has 0 spiro atoms. The van der Waals surface area contributed by atoms with E-state index in [2.05, 4.69) is 263 Å². The molecule has 0 saturated carbocycles. The second-order valence-corrected chi connectivity index (χ2v) is 21.4. The highest BCUT2D eigenvalue weighted by atomic mass is 28.3. The van der Waals surface area contributed by atoms with Crippen LogP contribution in [0.5, 0.6) is 0 Å². The molecule has 1 aliphatic rings. The molecule has 12 aromatic rings. The molecule has 0 amide bonds. The average molecular weight is 860 g/mol. The molecule has 0 atom stereocenters. The van der Waals surface area contributed by atoms with Crippen LogP contribution in [0.2, 0.25) is 0 Å². The van der Waals surface area contributed by atoms with Gasteiger partial charge in [0.25, 0.3) is 0 Å². The lowest BCUT2D eigenvalue weighted by Crippen LogP contribution is -2.74. The van der Waals surface area contributed by atoms with Crippen LogP contribution in [0.3, 0.4) is 0 Å². The van der Waals surface area contributed by atoms with E-state index in [-0.39, 0.29) is 0 Å². The molecule has 312 valence electrons. The van der Waals surface area contributed by atoms with Crippen molar-refractivity contribution in [3.05, 3.63) is 254 Å². The number of hydrogen-bond acceptors (Lipinski definition) is 1. The molecule has 13 rings (SSSR count). The van der Waals surface area contributed by atoms with E-state index in [0.29, 0.717) is 0 Å². The predicted molar refractivity (Wildman–Crippen MR) is 281 cm³/mol. The van der Waals surface area contributed by atoms with E-state index in [1.54, 1.807) is 0 Å². The molecule has 0 aliphatic carbocycles. The van der Waals surface area contributed by atoms with Crippen molar-refractivity contribution in [2.45, 2.75) is 6.42 Å². The normalized spacial score (nSPS) is 12.7. The van der Waals surface area contributed by atoms with Crippen molar-refractivity contribution in [2.24, 2.45) is 0 Å². The minimum atomic E-state index is -2.84. The average Bonchev–Trinajstić information content (AvgIpc) is 4.09. The van der Waals surface area contributed by atoms with E-state index in [0.717, 1.165) is 13.0 Å². The zero-order chi connectivity index (χ0) is 43.6. The zero-order valence-electron chi connectivity index (χ0n) is 36.4. The van der Waals surface area contributed by atoms with Crippen LogP contribution in [0, 0.1) is 0 Å². The molecule has 2 aromatic heterocycles. The van der Waals surface area contributed by atoms with E-state index in [1.807, 2.05) is 0 Å². The van der Waals surface area contributed by atoms with Crippen LogP contribution in [0.1, 0.15) is 5.56 Å². The molecule has 0 saturated heterocycles. The van der Waals surface area contributed by atoms with E-state index in [9.17, 15) is 0 Å². The Morgan fingerprint density at radius 2 is 0.788 bits per heavy atom. The molecule has 0 radical (unpaired) electrons. The minimum absolute atomic E-state index is 0.966.